The second kappa shape index (κ2) is 15.2. The number of carbonyl (C=O) groups is 3. The van der Waals surface area contributed by atoms with Crippen LogP contribution in [0.1, 0.15) is 59.8 Å². The third-order valence-electron chi connectivity index (χ3n) is 4.43. The quantitative estimate of drug-likeness (QED) is 0.192. The van der Waals surface area contributed by atoms with Crippen LogP contribution in [0.3, 0.4) is 0 Å². The van der Waals surface area contributed by atoms with Crippen LogP contribution in [-0.2, 0) is 14.4 Å². The van der Waals surface area contributed by atoms with Gasteiger partial charge in [-0.1, -0.05) is 27.7 Å². The minimum absolute atomic E-state index is 0.177. The van der Waals surface area contributed by atoms with Gasteiger partial charge in [-0.25, -0.2) is 0 Å². The van der Waals surface area contributed by atoms with E-state index >= 15 is 0 Å². The molecule has 0 saturated heterocycles. The van der Waals surface area contributed by atoms with Crippen molar-refractivity contribution in [1.29, 1.82) is 0 Å². The fourth-order valence-electron chi connectivity index (χ4n) is 2.98. The Labute approximate surface area is 168 Å². The molecule has 0 aliphatic rings. The second-order valence-corrected chi connectivity index (χ2v) is 7.36. The molecule has 5 N–H and O–H groups in total. The van der Waals surface area contributed by atoms with Crippen molar-refractivity contribution in [1.82, 2.24) is 21.0 Å². The standard InChI is InChI=1S/C19H38N4O5/c1-5-10-23(11-6-2)12-8-7-9-15(18(26)20-13-16(24)25)21-19(27)17(22-28)14(3)4/h14-15,17,22,28H,5-13H2,1-4H3,(H,20,26)(H,21,27)(H,24,25)/t15-,17-/m0/s1. The fraction of sp³-hybridized carbons (Fsp3) is 0.842. The number of hydroxylamine groups is 1. The summed E-state index contributed by atoms with van der Waals surface area (Å²) in [5.74, 6) is -2.35. The molecule has 164 valence electrons. The van der Waals surface area contributed by atoms with E-state index in [1.165, 1.54) is 0 Å². The molecule has 0 saturated carbocycles. The van der Waals surface area contributed by atoms with E-state index < -0.39 is 36.4 Å². The Morgan fingerprint density at radius 1 is 0.964 bits per heavy atom. The molecule has 2 amide bonds. The number of hydrogen-bond acceptors (Lipinski definition) is 6. The van der Waals surface area contributed by atoms with E-state index in [2.05, 4.69) is 29.4 Å². The number of nitrogens with zero attached hydrogens (tertiary/aromatic N) is 1. The first-order valence-electron chi connectivity index (χ1n) is 10.2. The Morgan fingerprint density at radius 2 is 1.57 bits per heavy atom. The van der Waals surface area contributed by atoms with E-state index in [0.717, 1.165) is 38.9 Å². The summed E-state index contributed by atoms with van der Waals surface area (Å²) >= 11 is 0. The highest BCUT2D eigenvalue weighted by molar-refractivity contribution is 5.91. The summed E-state index contributed by atoms with van der Waals surface area (Å²) in [6.07, 6.45) is 4.17. The highest BCUT2D eigenvalue weighted by atomic mass is 16.5. The van der Waals surface area contributed by atoms with Gasteiger partial charge in [0.15, 0.2) is 0 Å². The lowest BCUT2D eigenvalue weighted by Gasteiger charge is -2.24. The first kappa shape index (κ1) is 26.3. The first-order chi connectivity index (χ1) is 13.3. The third kappa shape index (κ3) is 11.2. The molecule has 0 radical (unpaired) electrons. The average Bonchev–Trinajstić information content (AvgIpc) is 2.62. The third-order valence-corrected chi connectivity index (χ3v) is 4.43. The zero-order valence-corrected chi connectivity index (χ0v) is 17.7. The fourth-order valence-corrected chi connectivity index (χ4v) is 2.98. The predicted molar refractivity (Wildman–Crippen MR) is 107 cm³/mol. The van der Waals surface area contributed by atoms with Gasteiger partial charge in [0.2, 0.25) is 11.8 Å². The lowest BCUT2D eigenvalue weighted by Crippen LogP contribution is -2.54. The second-order valence-electron chi connectivity index (χ2n) is 7.36. The summed E-state index contributed by atoms with van der Waals surface area (Å²) in [7, 11) is 0. The highest BCUT2D eigenvalue weighted by Gasteiger charge is 2.27. The van der Waals surface area contributed by atoms with E-state index in [-0.39, 0.29) is 5.92 Å². The monoisotopic (exact) mass is 402 g/mol. The normalized spacial score (nSPS) is 13.4. The van der Waals surface area contributed by atoms with Crippen LogP contribution in [0, 0.1) is 5.92 Å². The molecule has 0 fully saturated rings. The van der Waals surface area contributed by atoms with Gasteiger partial charge < -0.3 is 25.8 Å². The summed E-state index contributed by atoms with van der Waals surface area (Å²) in [5, 5.41) is 22.9. The summed E-state index contributed by atoms with van der Waals surface area (Å²) < 4.78 is 0. The van der Waals surface area contributed by atoms with Crippen molar-refractivity contribution in [3.05, 3.63) is 0 Å². The van der Waals surface area contributed by atoms with Crippen molar-refractivity contribution in [2.75, 3.05) is 26.2 Å². The minimum Gasteiger partial charge on any atom is -0.480 e. The zero-order chi connectivity index (χ0) is 21.5. The molecule has 0 bridgehead atoms. The molecular weight excluding hydrogens is 364 g/mol. The topological polar surface area (TPSA) is 131 Å². The molecule has 28 heavy (non-hydrogen) atoms. The van der Waals surface area contributed by atoms with Crippen LogP contribution in [0.2, 0.25) is 0 Å². The van der Waals surface area contributed by atoms with Gasteiger partial charge in [-0.05, 0) is 57.7 Å². The maximum atomic E-state index is 12.3. The number of carboxylic acids is 1. The maximum Gasteiger partial charge on any atom is 0.322 e. The van der Waals surface area contributed by atoms with Crippen LogP contribution in [-0.4, -0.2) is 71.3 Å². The Hall–Kier alpha value is -1.71. The lowest BCUT2D eigenvalue weighted by atomic mass is 10.0. The Bertz CT molecular complexity index is 467. The van der Waals surface area contributed by atoms with Crippen LogP contribution < -0.4 is 16.1 Å². The van der Waals surface area contributed by atoms with Crippen LogP contribution in [0.4, 0.5) is 0 Å². The summed E-state index contributed by atoms with van der Waals surface area (Å²) in [6, 6.07) is -1.69. The lowest BCUT2D eigenvalue weighted by molar-refractivity contribution is -0.138. The van der Waals surface area contributed by atoms with Gasteiger partial charge in [0.1, 0.15) is 18.6 Å². The van der Waals surface area contributed by atoms with Crippen LogP contribution >= 0.6 is 0 Å². The Morgan fingerprint density at radius 3 is 2.04 bits per heavy atom. The van der Waals surface area contributed by atoms with Gasteiger partial charge >= 0.3 is 5.97 Å². The Balaban J connectivity index is 4.78. The largest absolute Gasteiger partial charge is 0.480 e. The van der Waals surface area contributed by atoms with E-state index in [1.54, 1.807) is 13.8 Å². The van der Waals surface area contributed by atoms with Crippen molar-refractivity contribution < 1.29 is 24.7 Å². The number of carbonyl (C=O) groups excluding carboxylic acids is 2. The smallest absolute Gasteiger partial charge is 0.322 e. The van der Waals surface area contributed by atoms with Gasteiger partial charge in [-0.2, -0.15) is 5.48 Å². The number of amides is 2. The highest BCUT2D eigenvalue weighted by Crippen LogP contribution is 2.07. The van der Waals surface area contributed by atoms with Crippen molar-refractivity contribution >= 4 is 17.8 Å². The summed E-state index contributed by atoms with van der Waals surface area (Å²) in [5.41, 5.74) is 1.96. The molecule has 2 atom stereocenters. The Kier molecular flexibility index (Phi) is 14.3. The molecule has 0 rings (SSSR count). The van der Waals surface area contributed by atoms with Crippen molar-refractivity contribution in [3.63, 3.8) is 0 Å². The van der Waals surface area contributed by atoms with Crippen molar-refractivity contribution in [3.8, 4) is 0 Å². The molecule has 0 heterocycles. The van der Waals surface area contributed by atoms with Crippen molar-refractivity contribution in [2.24, 2.45) is 5.92 Å². The number of carboxylic acid groups (broad SMARTS) is 1. The van der Waals surface area contributed by atoms with E-state index in [0.29, 0.717) is 12.8 Å². The number of unbranched alkanes of at least 4 members (excludes halogenated alkanes) is 1. The van der Waals surface area contributed by atoms with Gasteiger partial charge in [-0.3, -0.25) is 14.4 Å². The molecule has 0 aliphatic carbocycles. The number of aliphatic carboxylic acids is 1. The maximum absolute atomic E-state index is 12.3. The number of nitrogens with one attached hydrogen (secondary N) is 3. The average molecular weight is 403 g/mol. The predicted octanol–water partition coefficient (Wildman–Crippen LogP) is 0.968. The molecule has 0 aromatic heterocycles. The summed E-state index contributed by atoms with van der Waals surface area (Å²) in [4.78, 5) is 37.7. The van der Waals surface area contributed by atoms with Crippen molar-refractivity contribution in [2.45, 2.75) is 71.9 Å². The first-order valence-corrected chi connectivity index (χ1v) is 10.2. The molecule has 0 spiro atoms. The molecule has 0 aromatic carbocycles. The molecular formula is C19H38N4O5. The molecule has 9 nitrogen and oxygen atoms in total. The summed E-state index contributed by atoms with van der Waals surface area (Å²) in [6.45, 7) is 10.3. The zero-order valence-electron chi connectivity index (χ0n) is 17.7. The van der Waals surface area contributed by atoms with Crippen LogP contribution in [0.25, 0.3) is 0 Å². The molecule has 0 aromatic rings. The van der Waals surface area contributed by atoms with Gasteiger partial charge in [-0.15, -0.1) is 0 Å². The van der Waals surface area contributed by atoms with Crippen LogP contribution in [0.15, 0.2) is 0 Å². The molecule has 9 heteroatoms. The van der Waals surface area contributed by atoms with E-state index in [4.69, 9.17) is 5.11 Å². The van der Waals surface area contributed by atoms with Crippen LogP contribution in [0.5, 0.6) is 0 Å². The number of rotatable bonds is 16. The van der Waals surface area contributed by atoms with Gasteiger partial charge in [0.05, 0.1) is 0 Å². The van der Waals surface area contributed by atoms with Gasteiger partial charge in [0.25, 0.3) is 0 Å². The molecule has 0 aliphatic heterocycles. The van der Waals surface area contributed by atoms with E-state index in [1.807, 2.05) is 5.48 Å². The number of hydrogen-bond donors (Lipinski definition) is 5. The molecule has 0 unspecified atom stereocenters. The van der Waals surface area contributed by atoms with Gasteiger partial charge in [0, 0.05) is 0 Å². The SMILES string of the molecule is CCCN(CCC)CCCC[C@H](NC(=O)[C@@H](NO)C(C)C)C(=O)NCC(=O)O. The van der Waals surface area contributed by atoms with E-state index in [9.17, 15) is 19.6 Å². The minimum atomic E-state index is -1.15.